The average molecular weight is 332 g/mol. The van der Waals surface area contributed by atoms with Crippen molar-refractivity contribution < 1.29 is 4.79 Å². The number of halogens is 1. The van der Waals surface area contributed by atoms with Crippen molar-refractivity contribution >= 4 is 29.0 Å². The fourth-order valence-corrected chi connectivity index (χ4v) is 2.63. The molecule has 0 bridgehead atoms. The smallest absolute Gasteiger partial charge is 0.274 e. The Morgan fingerprint density at radius 2 is 1.96 bits per heavy atom. The van der Waals surface area contributed by atoms with E-state index in [4.69, 9.17) is 11.6 Å². The Bertz CT molecular complexity index is 700. The summed E-state index contributed by atoms with van der Waals surface area (Å²) in [7, 11) is 2.10. The number of nitrogens with zero attached hydrogens (tertiary/aromatic N) is 4. The van der Waals surface area contributed by atoms with E-state index in [1.807, 2.05) is 0 Å². The van der Waals surface area contributed by atoms with Gasteiger partial charge >= 0.3 is 0 Å². The van der Waals surface area contributed by atoms with Gasteiger partial charge in [-0.15, -0.1) is 0 Å². The third-order valence-electron chi connectivity index (χ3n) is 3.80. The molecule has 1 saturated heterocycles. The maximum atomic E-state index is 12.3. The maximum Gasteiger partial charge on any atom is 0.274 e. The lowest BCUT2D eigenvalue weighted by molar-refractivity contribution is 0.102. The van der Waals surface area contributed by atoms with Crippen molar-refractivity contribution in [1.82, 2.24) is 14.9 Å². The number of aromatic nitrogens is 2. The molecule has 1 amide bonds. The fourth-order valence-electron chi connectivity index (χ4n) is 2.44. The summed E-state index contributed by atoms with van der Waals surface area (Å²) in [6.45, 7) is 3.74. The molecule has 3 rings (SSSR count). The predicted octanol–water partition coefficient (Wildman–Crippen LogP) is 2.13. The van der Waals surface area contributed by atoms with Gasteiger partial charge in [-0.25, -0.2) is 9.97 Å². The van der Waals surface area contributed by atoms with Gasteiger partial charge in [0.05, 0.1) is 0 Å². The number of benzene rings is 1. The number of carbonyl (C=O) groups excluding carboxylic acids is 1. The van der Waals surface area contributed by atoms with E-state index in [0.717, 1.165) is 32.0 Å². The first-order chi connectivity index (χ1) is 11.1. The molecule has 120 valence electrons. The third-order valence-corrected chi connectivity index (χ3v) is 4.03. The summed E-state index contributed by atoms with van der Waals surface area (Å²) in [5.74, 6) is 0.509. The number of carbonyl (C=O) groups is 1. The first kappa shape index (κ1) is 15.7. The topological polar surface area (TPSA) is 61.4 Å². The van der Waals surface area contributed by atoms with Gasteiger partial charge in [-0.3, -0.25) is 4.79 Å². The van der Waals surface area contributed by atoms with Crippen LogP contribution in [0.2, 0.25) is 5.02 Å². The van der Waals surface area contributed by atoms with E-state index in [0.29, 0.717) is 16.4 Å². The van der Waals surface area contributed by atoms with Gasteiger partial charge in [0.25, 0.3) is 5.91 Å². The molecule has 1 N–H and O–H groups in total. The van der Waals surface area contributed by atoms with Crippen LogP contribution >= 0.6 is 11.6 Å². The van der Waals surface area contributed by atoms with Crippen LogP contribution in [-0.4, -0.2) is 54.0 Å². The second-order valence-corrected chi connectivity index (χ2v) is 5.95. The van der Waals surface area contributed by atoms with Crippen LogP contribution < -0.4 is 10.2 Å². The van der Waals surface area contributed by atoms with E-state index in [9.17, 15) is 4.79 Å². The molecule has 7 heteroatoms. The molecule has 23 heavy (non-hydrogen) atoms. The quantitative estimate of drug-likeness (QED) is 0.933. The van der Waals surface area contributed by atoms with Crippen LogP contribution in [0.5, 0.6) is 0 Å². The minimum absolute atomic E-state index is 0.273. The second-order valence-electron chi connectivity index (χ2n) is 5.52. The SMILES string of the molecule is CN1CCN(c2cc(C(=O)Nc3cccc(Cl)c3)ncn2)CC1. The van der Waals surface area contributed by atoms with Crippen molar-refractivity contribution in [2.24, 2.45) is 0 Å². The average Bonchev–Trinajstić information content (AvgIpc) is 2.56. The van der Waals surface area contributed by atoms with Crippen LogP contribution in [-0.2, 0) is 0 Å². The predicted molar refractivity (Wildman–Crippen MR) is 91.1 cm³/mol. The summed E-state index contributed by atoms with van der Waals surface area (Å²) in [4.78, 5) is 25.1. The highest BCUT2D eigenvalue weighted by molar-refractivity contribution is 6.30. The molecule has 1 fully saturated rings. The Hall–Kier alpha value is -2.18. The van der Waals surface area contributed by atoms with Crippen LogP contribution in [0.4, 0.5) is 11.5 Å². The lowest BCUT2D eigenvalue weighted by atomic mass is 10.2. The van der Waals surface area contributed by atoms with Crippen molar-refractivity contribution in [2.45, 2.75) is 0 Å². The van der Waals surface area contributed by atoms with E-state index < -0.39 is 0 Å². The van der Waals surface area contributed by atoms with Crippen molar-refractivity contribution in [2.75, 3.05) is 43.4 Å². The largest absolute Gasteiger partial charge is 0.354 e. The van der Waals surface area contributed by atoms with E-state index in [2.05, 4.69) is 32.1 Å². The molecular weight excluding hydrogens is 314 g/mol. The molecule has 0 spiro atoms. The third kappa shape index (κ3) is 3.97. The highest BCUT2D eigenvalue weighted by Crippen LogP contribution is 2.17. The molecule has 2 heterocycles. The summed E-state index contributed by atoms with van der Waals surface area (Å²) in [6, 6.07) is 8.75. The Balaban J connectivity index is 1.72. The fraction of sp³-hybridized carbons (Fsp3) is 0.312. The van der Waals surface area contributed by atoms with Crippen LogP contribution in [0.1, 0.15) is 10.5 Å². The number of likely N-dealkylation sites (N-methyl/N-ethyl adjacent to an activating group) is 1. The van der Waals surface area contributed by atoms with E-state index in [1.54, 1.807) is 30.3 Å². The molecule has 1 aliphatic heterocycles. The summed E-state index contributed by atoms with van der Waals surface area (Å²) in [5, 5.41) is 3.37. The second kappa shape index (κ2) is 6.93. The number of hydrogen-bond acceptors (Lipinski definition) is 5. The Labute approximate surface area is 140 Å². The molecule has 2 aromatic rings. The highest BCUT2D eigenvalue weighted by atomic mass is 35.5. The highest BCUT2D eigenvalue weighted by Gasteiger charge is 2.17. The van der Waals surface area contributed by atoms with E-state index in [1.165, 1.54) is 6.33 Å². The summed E-state index contributed by atoms with van der Waals surface area (Å²) >= 11 is 5.93. The van der Waals surface area contributed by atoms with Crippen molar-refractivity contribution in [3.05, 3.63) is 47.4 Å². The number of anilines is 2. The monoisotopic (exact) mass is 331 g/mol. The van der Waals surface area contributed by atoms with Gasteiger partial charge in [-0.2, -0.15) is 0 Å². The molecule has 0 unspecified atom stereocenters. The van der Waals surface area contributed by atoms with E-state index in [-0.39, 0.29) is 5.91 Å². The number of amides is 1. The minimum Gasteiger partial charge on any atom is -0.354 e. The Kier molecular flexibility index (Phi) is 4.73. The summed E-state index contributed by atoms with van der Waals surface area (Å²) in [6.07, 6.45) is 1.43. The van der Waals surface area contributed by atoms with Gasteiger partial charge in [0, 0.05) is 43.0 Å². The van der Waals surface area contributed by atoms with Crippen molar-refractivity contribution in [3.8, 4) is 0 Å². The number of piperazine rings is 1. The zero-order valence-corrected chi connectivity index (χ0v) is 13.6. The molecule has 1 aliphatic rings. The van der Waals surface area contributed by atoms with Crippen molar-refractivity contribution in [1.29, 1.82) is 0 Å². The standard InChI is InChI=1S/C16H18ClN5O/c1-21-5-7-22(8-6-21)15-10-14(18-11-19-15)16(23)20-13-4-2-3-12(17)9-13/h2-4,9-11H,5-8H2,1H3,(H,20,23). The lowest BCUT2D eigenvalue weighted by Gasteiger charge is -2.33. The van der Waals surface area contributed by atoms with Crippen LogP contribution in [0.25, 0.3) is 0 Å². The molecular formula is C16H18ClN5O. The minimum atomic E-state index is -0.273. The lowest BCUT2D eigenvalue weighted by Crippen LogP contribution is -2.44. The van der Waals surface area contributed by atoms with Crippen LogP contribution in [0, 0.1) is 0 Å². The summed E-state index contributed by atoms with van der Waals surface area (Å²) < 4.78 is 0. The normalized spacial score (nSPS) is 15.5. The van der Waals surface area contributed by atoms with Crippen molar-refractivity contribution in [3.63, 3.8) is 0 Å². The Morgan fingerprint density at radius 1 is 1.17 bits per heavy atom. The van der Waals surface area contributed by atoms with Crippen LogP contribution in [0.3, 0.4) is 0 Å². The zero-order valence-electron chi connectivity index (χ0n) is 12.9. The van der Waals surface area contributed by atoms with Gasteiger partial charge in [-0.1, -0.05) is 17.7 Å². The number of rotatable bonds is 3. The summed E-state index contributed by atoms with van der Waals surface area (Å²) in [5.41, 5.74) is 0.983. The molecule has 0 aliphatic carbocycles. The Morgan fingerprint density at radius 3 is 2.70 bits per heavy atom. The molecule has 1 aromatic carbocycles. The van der Waals surface area contributed by atoms with Gasteiger partial charge < -0.3 is 15.1 Å². The maximum absolute atomic E-state index is 12.3. The molecule has 6 nitrogen and oxygen atoms in total. The van der Waals surface area contributed by atoms with Gasteiger partial charge in [0.15, 0.2) is 0 Å². The van der Waals surface area contributed by atoms with Gasteiger partial charge in [0.1, 0.15) is 17.8 Å². The number of hydrogen-bond donors (Lipinski definition) is 1. The molecule has 0 atom stereocenters. The van der Waals surface area contributed by atoms with Gasteiger partial charge in [0.2, 0.25) is 0 Å². The van der Waals surface area contributed by atoms with Crippen LogP contribution in [0.15, 0.2) is 36.7 Å². The first-order valence-electron chi connectivity index (χ1n) is 7.44. The zero-order chi connectivity index (χ0) is 16.2. The van der Waals surface area contributed by atoms with E-state index >= 15 is 0 Å². The number of nitrogens with one attached hydrogen (secondary N) is 1. The molecule has 0 radical (unpaired) electrons. The molecule has 0 saturated carbocycles. The first-order valence-corrected chi connectivity index (χ1v) is 7.82. The molecule has 1 aromatic heterocycles. The van der Waals surface area contributed by atoms with Gasteiger partial charge in [-0.05, 0) is 25.2 Å².